The molecule has 2 aromatic heterocycles. The van der Waals surface area contributed by atoms with Gasteiger partial charge in [0.1, 0.15) is 12.4 Å². The fourth-order valence-electron chi connectivity index (χ4n) is 2.47. The van der Waals surface area contributed by atoms with E-state index in [0.29, 0.717) is 11.3 Å². The van der Waals surface area contributed by atoms with Gasteiger partial charge in [0.25, 0.3) is 17.7 Å². The van der Waals surface area contributed by atoms with Gasteiger partial charge in [-0.2, -0.15) is 0 Å². The third-order valence-electron chi connectivity index (χ3n) is 4.02. The Bertz CT molecular complexity index is 966. The molecular formula is C18H19N7O4. The summed E-state index contributed by atoms with van der Waals surface area (Å²) in [5.41, 5.74) is 5.67. The highest BCUT2D eigenvalue weighted by molar-refractivity contribution is 5.98. The van der Waals surface area contributed by atoms with Crippen molar-refractivity contribution in [1.82, 2.24) is 36.4 Å². The van der Waals surface area contributed by atoms with Gasteiger partial charge in [-0.1, -0.05) is 13.8 Å². The van der Waals surface area contributed by atoms with Gasteiger partial charge < -0.3 is 9.73 Å². The molecule has 0 saturated heterocycles. The molecule has 0 saturated carbocycles. The van der Waals surface area contributed by atoms with Crippen LogP contribution in [0.3, 0.4) is 0 Å². The molecule has 0 aliphatic carbocycles. The Morgan fingerprint density at radius 2 is 1.79 bits per heavy atom. The highest BCUT2D eigenvalue weighted by atomic mass is 16.3. The number of aromatic nitrogens is 4. The van der Waals surface area contributed by atoms with E-state index in [1.54, 1.807) is 44.2 Å². The van der Waals surface area contributed by atoms with Crippen LogP contribution in [0.25, 0.3) is 5.69 Å². The van der Waals surface area contributed by atoms with E-state index < -0.39 is 23.8 Å². The molecular weight excluding hydrogens is 378 g/mol. The summed E-state index contributed by atoms with van der Waals surface area (Å²) in [4.78, 5) is 36.8. The summed E-state index contributed by atoms with van der Waals surface area (Å²) in [5, 5.41) is 13.4. The molecule has 0 aliphatic rings. The minimum Gasteiger partial charge on any atom is -0.459 e. The van der Waals surface area contributed by atoms with E-state index in [0.717, 1.165) is 0 Å². The first-order chi connectivity index (χ1) is 14.0. The zero-order valence-electron chi connectivity index (χ0n) is 15.7. The van der Waals surface area contributed by atoms with Crippen molar-refractivity contribution in [3.63, 3.8) is 0 Å². The second-order valence-corrected chi connectivity index (χ2v) is 6.42. The first kappa shape index (κ1) is 19.7. The van der Waals surface area contributed by atoms with Crippen LogP contribution < -0.4 is 16.2 Å². The molecule has 1 unspecified atom stereocenters. The van der Waals surface area contributed by atoms with Gasteiger partial charge in [0.2, 0.25) is 0 Å². The van der Waals surface area contributed by atoms with Crippen molar-refractivity contribution in [2.45, 2.75) is 19.9 Å². The molecule has 3 amide bonds. The van der Waals surface area contributed by atoms with Gasteiger partial charge in [-0.15, -0.1) is 5.10 Å². The number of hydrazine groups is 1. The van der Waals surface area contributed by atoms with Crippen LogP contribution >= 0.6 is 0 Å². The Labute approximate surface area is 165 Å². The molecule has 11 nitrogen and oxygen atoms in total. The second kappa shape index (κ2) is 8.78. The van der Waals surface area contributed by atoms with Gasteiger partial charge >= 0.3 is 0 Å². The SMILES string of the molecule is CC(C)C(NC(=O)c1ccco1)C(=O)NNC(=O)c1ccc(-n2cnnn2)cc1. The van der Waals surface area contributed by atoms with Crippen molar-refractivity contribution in [2.75, 3.05) is 0 Å². The maximum Gasteiger partial charge on any atom is 0.287 e. The van der Waals surface area contributed by atoms with E-state index in [1.807, 2.05) is 0 Å². The number of amides is 3. The number of carbonyl (C=O) groups is 3. The molecule has 29 heavy (non-hydrogen) atoms. The Morgan fingerprint density at radius 3 is 2.38 bits per heavy atom. The fourth-order valence-corrected chi connectivity index (χ4v) is 2.47. The van der Waals surface area contributed by atoms with Crippen molar-refractivity contribution >= 4 is 17.7 Å². The lowest BCUT2D eigenvalue weighted by Gasteiger charge is -2.21. The molecule has 3 aromatic rings. The first-order valence-corrected chi connectivity index (χ1v) is 8.73. The number of hydrogen-bond acceptors (Lipinski definition) is 7. The zero-order valence-corrected chi connectivity index (χ0v) is 15.7. The third kappa shape index (κ3) is 4.83. The average molecular weight is 397 g/mol. The topological polar surface area (TPSA) is 144 Å². The van der Waals surface area contributed by atoms with E-state index in [-0.39, 0.29) is 11.7 Å². The fraction of sp³-hybridized carbons (Fsp3) is 0.222. The molecule has 0 spiro atoms. The van der Waals surface area contributed by atoms with Gasteiger partial charge in [0, 0.05) is 5.56 Å². The highest BCUT2D eigenvalue weighted by Crippen LogP contribution is 2.08. The van der Waals surface area contributed by atoms with Crippen LogP contribution in [0, 0.1) is 5.92 Å². The van der Waals surface area contributed by atoms with E-state index in [4.69, 9.17) is 4.42 Å². The molecule has 3 N–H and O–H groups in total. The Hall–Kier alpha value is -4.02. The molecule has 0 fully saturated rings. The number of furan rings is 1. The van der Waals surface area contributed by atoms with Crippen LogP contribution in [0.2, 0.25) is 0 Å². The highest BCUT2D eigenvalue weighted by Gasteiger charge is 2.26. The Morgan fingerprint density at radius 1 is 1.03 bits per heavy atom. The third-order valence-corrected chi connectivity index (χ3v) is 4.02. The number of nitrogens with one attached hydrogen (secondary N) is 3. The number of nitrogens with zero attached hydrogens (tertiary/aromatic N) is 4. The second-order valence-electron chi connectivity index (χ2n) is 6.42. The maximum atomic E-state index is 12.4. The van der Waals surface area contributed by atoms with Gasteiger partial charge in [-0.25, -0.2) is 4.68 Å². The van der Waals surface area contributed by atoms with Crippen LogP contribution in [0.5, 0.6) is 0 Å². The summed E-state index contributed by atoms with van der Waals surface area (Å²) < 4.78 is 6.46. The van der Waals surface area contributed by atoms with Crippen LogP contribution in [-0.2, 0) is 4.79 Å². The average Bonchev–Trinajstić information content (AvgIpc) is 3.44. The number of benzene rings is 1. The number of carbonyl (C=O) groups excluding carboxylic acids is 3. The predicted molar refractivity (Wildman–Crippen MR) is 99.6 cm³/mol. The van der Waals surface area contributed by atoms with Gasteiger partial charge in [0.15, 0.2) is 5.76 Å². The summed E-state index contributed by atoms with van der Waals surface area (Å²) >= 11 is 0. The van der Waals surface area contributed by atoms with E-state index in [1.165, 1.54) is 23.3 Å². The first-order valence-electron chi connectivity index (χ1n) is 8.73. The van der Waals surface area contributed by atoms with Crippen molar-refractivity contribution in [3.05, 3.63) is 60.3 Å². The largest absolute Gasteiger partial charge is 0.459 e. The zero-order chi connectivity index (χ0) is 20.8. The number of tetrazole rings is 1. The lowest BCUT2D eigenvalue weighted by Crippen LogP contribution is -2.54. The summed E-state index contributed by atoms with van der Waals surface area (Å²) in [6.45, 7) is 3.54. The van der Waals surface area contributed by atoms with Crippen LogP contribution in [0.4, 0.5) is 0 Å². The normalized spacial score (nSPS) is 11.7. The number of rotatable bonds is 6. The van der Waals surface area contributed by atoms with Crippen molar-refractivity contribution in [3.8, 4) is 5.69 Å². The molecule has 11 heteroatoms. The van der Waals surface area contributed by atoms with Crippen LogP contribution in [0.15, 0.2) is 53.4 Å². The van der Waals surface area contributed by atoms with Gasteiger partial charge in [-0.05, 0) is 52.7 Å². The van der Waals surface area contributed by atoms with Crippen LogP contribution in [0.1, 0.15) is 34.8 Å². The molecule has 0 bridgehead atoms. The van der Waals surface area contributed by atoms with E-state index in [9.17, 15) is 14.4 Å². The molecule has 0 aliphatic heterocycles. The molecule has 1 atom stereocenters. The van der Waals surface area contributed by atoms with E-state index in [2.05, 4.69) is 31.7 Å². The number of hydrogen-bond donors (Lipinski definition) is 3. The van der Waals surface area contributed by atoms with Crippen molar-refractivity contribution in [2.24, 2.45) is 5.92 Å². The lowest BCUT2D eigenvalue weighted by atomic mass is 10.0. The standard InChI is InChI=1S/C18H19N7O4/c1-11(2)15(20-17(27)14-4-3-9-29-14)18(28)22-21-16(26)12-5-7-13(8-6-12)25-10-19-23-24-25/h3-11,15H,1-2H3,(H,20,27)(H,21,26)(H,22,28). The van der Waals surface area contributed by atoms with Crippen molar-refractivity contribution in [1.29, 1.82) is 0 Å². The summed E-state index contributed by atoms with van der Waals surface area (Å²) in [7, 11) is 0. The minimum absolute atomic E-state index is 0.0927. The molecule has 150 valence electrons. The minimum atomic E-state index is -0.866. The Kier molecular flexibility index (Phi) is 5.97. The quantitative estimate of drug-likeness (QED) is 0.513. The summed E-state index contributed by atoms with van der Waals surface area (Å²) in [6.07, 6.45) is 2.79. The predicted octanol–water partition coefficient (Wildman–Crippen LogP) is 0.471. The van der Waals surface area contributed by atoms with E-state index >= 15 is 0 Å². The molecule has 2 heterocycles. The molecule has 0 radical (unpaired) electrons. The smallest absolute Gasteiger partial charge is 0.287 e. The molecule has 1 aromatic carbocycles. The summed E-state index contributed by atoms with van der Waals surface area (Å²) in [5.74, 6) is -1.72. The van der Waals surface area contributed by atoms with Gasteiger partial charge in [-0.3, -0.25) is 25.2 Å². The summed E-state index contributed by atoms with van der Waals surface area (Å²) in [6, 6.07) is 8.65. The molecule has 3 rings (SSSR count). The monoisotopic (exact) mass is 397 g/mol. The van der Waals surface area contributed by atoms with Crippen LogP contribution in [-0.4, -0.2) is 44.0 Å². The Balaban J connectivity index is 1.57. The van der Waals surface area contributed by atoms with Crippen molar-refractivity contribution < 1.29 is 18.8 Å². The van der Waals surface area contributed by atoms with Gasteiger partial charge in [0.05, 0.1) is 12.0 Å². The lowest BCUT2D eigenvalue weighted by molar-refractivity contribution is -0.124. The maximum absolute atomic E-state index is 12.4.